The Kier molecular flexibility index (Phi) is 1.75. The maximum atomic E-state index is 3.72. The van der Waals surface area contributed by atoms with Crippen LogP contribution >= 0.6 is 0 Å². The Bertz CT molecular complexity index is 1130. The van der Waals surface area contributed by atoms with Gasteiger partial charge in [-0.3, -0.25) is 0 Å². The van der Waals surface area contributed by atoms with Gasteiger partial charge in [-0.2, -0.15) is 0 Å². The highest BCUT2D eigenvalue weighted by Gasteiger charge is 2.30. The zero-order chi connectivity index (χ0) is 14.3. The molecule has 0 fully saturated rings. The number of hydrogen-bond donors (Lipinski definition) is 1. The minimum absolute atomic E-state index is 0.434. The fourth-order valence-corrected chi connectivity index (χ4v) is 4.29. The maximum Gasteiger partial charge on any atom is 0.0615 e. The van der Waals surface area contributed by atoms with Gasteiger partial charge < -0.3 is 9.72 Å². The molecule has 2 aromatic carbocycles. The summed E-state index contributed by atoms with van der Waals surface area (Å²) in [6.45, 7) is 0. The van der Waals surface area contributed by atoms with E-state index in [0.717, 1.165) is 6.42 Å². The lowest BCUT2D eigenvalue weighted by Gasteiger charge is -2.13. The summed E-state index contributed by atoms with van der Waals surface area (Å²) in [5.41, 5.74) is 6.80. The van der Waals surface area contributed by atoms with Gasteiger partial charge in [-0.25, -0.2) is 0 Å². The van der Waals surface area contributed by atoms with Crippen molar-refractivity contribution in [1.82, 2.24) is 4.40 Å². The van der Waals surface area contributed by atoms with Gasteiger partial charge in [-0.1, -0.05) is 36.4 Å². The number of benzene rings is 2. The van der Waals surface area contributed by atoms with Crippen molar-refractivity contribution in [3.63, 3.8) is 0 Å². The highest BCUT2D eigenvalue weighted by molar-refractivity contribution is 6.22. The molecule has 0 saturated carbocycles. The average Bonchev–Trinajstić information content (AvgIpc) is 3.22. The number of anilines is 1. The molecule has 2 aromatic heterocycles. The molecule has 4 aromatic rings. The zero-order valence-electron chi connectivity index (χ0n) is 12.0. The van der Waals surface area contributed by atoms with Crippen molar-refractivity contribution in [1.29, 1.82) is 0 Å². The number of para-hydroxylation sites is 1. The van der Waals surface area contributed by atoms with Gasteiger partial charge in [-0.05, 0) is 30.2 Å². The molecule has 0 bridgehead atoms. The van der Waals surface area contributed by atoms with Crippen LogP contribution in [-0.4, -0.2) is 10.4 Å². The van der Waals surface area contributed by atoms with Crippen molar-refractivity contribution in [2.75, 3.05) is 5.32 Å². The first kappa shape index (κ1) is 10.9. The van der Waals surface area contributed by atoms with Crippen molar-refractivity contribution >= 4 is 38.5 Å². The smallest absolute Gasteiger partial charge is 0.0615 e. The van der Waals surface area contributed by atoms with Crippen LogP contribution in [0.3, 0.4) is 0 Å². The van der Waals surface area contributed by atoms with Crippen LogP contribution < -0.4 is 5.32 Å². The van der Waals surface area contributed by atoms with Crippen molar-refractivity contribution in [3.05, 3.63) is 66.4 Å². The molecule has 22 heavy (non-hydrogen) atoms. The molecule has 3 heterocycles. The summed E-state index contributed by atoms with van der Waals surface area (Å²) in [4.78, 5) is 0. The first-order valence-corrected chi connectivity index (χ1v) is 7.83. The van der Waals surface area contributed by atoms with Crippen molar-refractivity contribution in [2.24, 2.45) is 0 Å². The van der Waals surface area contributed by atoms with Gasteiger partial charge in [0, 0.05) is 33.6 Å². The zero-order valence-corrected chi connectivity index (χ0v) is 12.0. The summed E-state index contributed by atoms with van der Waals surface area (Å²) in [5, 5.41) is 7.81. The first-order chi connectivity index (χ1) is 10.9. The van der Waals surface area contributed by atoms with Gasteiger partial charge >= 0.3 is 0 Å². The summed E-state index contributed by atoms with van der Waals surface area (Å²) in [6.07, 6.45) is 10.00. The predicted molar refractivity (Wildman–Crippen MR) is 92.7 cm³/mol. The fourth-order valence-electron chi connectivity index (χ4n) is 4.29. The van der Waals surface area contributed by atoms with Gasteiger partial charge in [0.05, 0.1) is 17.1 Å². The second-order valence-electron chi connectivity index (χ2n) is 6.30. The molecule has 0 spiro atoms. The molecule has 0 radical (unpaired) electrons. The predicted octanol–water partition coefficient (Wildman–Crippen LogP) is 4.82. The van der Waals surface area contributed by atoms with E-state index >= 15 is 0 Å². The van der Waals surface area contributed by atoms with E-state index in [2.05, 4.69) is 70.5 Å². The van der Waals surface area contributed by atoms with Crippen molar-refractivity contribution < 1.29 is 0 Å². The van der Waals surface area contributed by atoms with E-state index in [1.54, 1.807) is 0 Å². The number of aromatic nitrogens is 1. The second kappa shape index (κ2) is 3.53. The standard InChI is InChI=1S/C20H14N2/c1-3-7-15-13(5-1)18-16(21-15)11-12-9-10-22-17-8-4-2-6-14(17)19(18)20(12)22/h1-6,8-11,15,21H,7H2. The van der Waals surface area contributed by atoms with E-state index in [-0.39, 0.29) is 0 Å². The summed E-state index contributed by atoms with van der Waals surface area (Å²) in [6, 6.07) is 13.7. The Hall–Kier alpha value is -2.74. The molecule has 1 N–H and O–H groups in total. The van der Waals surface area contributed by atoms with Crippen LogP contribution in [0.4, 0.5) is 5.69 Å². The second-order valence-corrected chi connectivity index (χ2v) is 6.30. The third-order valence-corrected chi connectivity index (χ3v) is 5.18. The largest absolute Gasteiger partial charge is 0.377 e. The quantitative estimate of drug-likeness (QED) is 0.489. The lowest BCUT2D eigenvalue weighted by atomic mass is 9.92. The minimum Gasteiger partial charge on any atom is -0.377 e. The van der Waals surface area contributed by atoms with Gasteiger partial charge in [0.15, 0.2) is 0 Å². The van der Waals surface area contributed by atoms with Crippen LogP contribution in [0.15, 0.2) is 60.8 Å². The van der Waals surface area contributed by atoms with E-state index in [4.69, 9.17) is 0 Å². The number of fused-ring (bicyclic) bond motifs is 7. The van der Waals surface area contributed by atoms with E-state index in [9.17, 15) is 0 Å². The minimum atomic E-state index is 0.434. The number of nitrogens with zero attached hydrogens (tertiary/aromatic N) is 1. The Labute approximate surface area is 127 Å². The average molecular weight is 282 g/mol. The van der Waals surface area contributed by atoms with E-state index in [0.29, 0.717) is 6.04 Å². The third kappa shape index (κ3) is 1.11. The normalized spacial score (nSPS) is 19.6. The molecule has 104 valence electrons. The summed E-state index contributed by atoms with van der Waals surface area (Å²) >= 11 is 0. The highest BCUT2D eigenvalue weighted by Crippen LogP contribution is 2.47. The summed E-state index contributed by atoms with van der Waals surface area (Å²) in [5.74, 6) is 0. The molecule has 0 saturated heterocycles. The monoisotopic (exact) mass is 282 g/mol. The van der Waals surface area contributed by atoms with Gasteiger partial charge in [0.25, 0.3) is 0 Å². The third-order valence-electron chi connectivity index (χ3n) is 5.18. The molecule has 1 aliphatic carbocycles. The van der Waals surface area contributed by atoms with E-state index in [1.807, 2.05) is 0 Å². The fraction of sp³-hybridized carbons (Fsp3) is 0.100. The maximum absolute atomic E-state index is 3.72. The highest BCUT2D eigenvalue weighted by atomic mass is 15.0. The molecule has 2 aliphatic rings. The first-order valence-electron chi connectivity index (χ1n) is 7.83. The number of rotatable bonds is 0. The van der Waals surface area contributed by atoms with Crippen molar-refractivity contribution in [3.8, 4) is 0 Å². The Morgan fingerprint density at radius 1 is 1.14 bits per heavy atom. The van der Waals surface area contributed by atoms with E-state index in [1.165, 1.54) is 44.0 Å². The molecule has 1 aliphatic heterocycles. The number of nitrogens with one attached hydrogen (secondary N) is 1. The van der Waals surface area contributed by atoms with Crippen LogP contribution in [0.5, 0.6) is 0 Å². The van der Waals surface area contributed by atoms with Gasteiger partial charge in [0.1, 0.15) is 0 Å². The van der Waals surface area contributed by atoms with Gasteiger partial charge in [0.2, 0.25) is 0 Å². The lowest BCUT2D eigenvalue weighted by molar-refractivity contribution is 0.929. The Morgan fingerprint density at radius 3 is 3.09 bits per heavy atom. The molecule has 6 rings (SSSR count). The summed E-state index contributed by atoms with van der Waals surface area (Å²) in [7, 11) is 0. The summed E-state index contributed by atoms with van der Waals surface area (Å²) < 4.78 is 2.34. The van der Waals surface area contributed by atoms with Crippen molar-refractivity contribution in [2.45, 2.75) is 12.5 Å². The molecule has 0 amide bonds. The lowest BCUT2D eigenvalue weighted by Crippen LogP contribution is -2.14. The number of hydrogen-bond acceptors (Lipinski definition) is 1. The number of allylic oxidation sites excluding steroid dienone is 2. The molecular weight excluding hydrogens is 268 g/mol. The molecule has 1 atom stereocenters. The molecule has 2 heteroatoms. The topological polar surface area (TPSA) is 16.4 Å². The van der Waals surface area contributed by atoms with Crippen LogP contribution in [0, 0.1) is 0 Å². The molecular formula is C20H14N2. The molecule has 1 unspecified atom stereocenters. The van der Waals surface area contributed by atoms with Gasteiger partial charge in [-0.15, -0.1) is 0 Å². The van der Waals surface area contributed by atoms with Crippen LogP contribution in [0.2, 0.25) is 0 Å². The van der Waals surface area contributed by atoms with Crippen LogP contribution in [-0.2, 0) is 0 Å². The van der Waals surface area contributed by atoms with Crippen LogP contribution in [0.1, 0.15) is 12.0 Å². The SMILES string of the molecule is C1=CCC2Nc3cc4ccn5c6ccccc6c(c3C2=C1)c45. The van der Waals surface area contributed by atoms with Crippen LogP contribution in [0.25, 0.3) is 32.8 Å². The van der Waals surface area contributed by atoms with E-state index < -0.39 is 0 Å². The Balaban J connectivity index is 1.91. The molecule has 2 nitrogen and oxygen atoms in total. The Morgan fingerprint density at radius 2 is 2.09 bits per heavy atom.